The van der Waals surface area contributed by atoms with Gasteiger partial charge in [-0.15, -0.1) is 12.4 Å². The number of carbonyl (C=O) groups is 1. The average molecular weight is 438 g/mol. The van der Waals surface area contributed by atoms with E-state index < -0.39 is 23.4 Å². The summed E-state index contributed by atoms with van der Waals surface area (Å²) in [7, 11) is 0. The Morgan fingerprint density at radius 3 is 2.77 bits per heavy atom. The number of ether oxygens (including phenoxy) is 1. The molecule has 3 aromatic rings. The fourth-order valence-electron chi connectivity index (χ4n) is 3.47. The molecule has 1 aliphatic rings. The lowest BCUT2D eigenvalue weighted by Gasteiger charge is -2.21. The Balaban J connectivity index is 0.00000256. The summed E-state index contributed by atoms with van der Waals surface area (Å²) < 4.78 is 46.9. The number of nitrogens with two attached hydrogens (primary N) is 1. The number of halogens is 4. The minimum atomic E-state index is -0.683. The number of aromatic amines is 1. The number of carbonyl (C=O) groups excluding carboxylic acids is 1. The van der Waals surface area contributed by atoms with Crippen LogP contribution in [0, 0.1) is 17.5 Å². The zero-order valence-corrected chi connectivity index (χ0v) is 16.5. The molecular formula is C21H19ClF3N3O2. The summed E-state index contributed by atoms with van der Waals surface area (Å²) in [5.74, 6) is -2.28. The average Bonchev–Trinajstić information content (AvgIpc) is 3.08. The molecular weight excluding hydrogens is 419 g/mol. The molecule has 0 saturated carbocycles. The van der Waals surface area contributed by atoms with Crippen molar-refractivity contribution >= 4 is 35.3 Å². The van der Waals surface area contributed by atoms with Crippen LogP contribution < -0.4 is 15.8 Å². The minimum absolute atomic E-state index is 0. The summed E-state index contributed by atoms with van der Waals surface area (Å²) in [6, 6.07) is 4.64. The second-order valence-electron chi connectivity index (χ2n) is 6.81. The van der Waals surface area contributed by atoms with Crippen LogP contribution in [0.2, 0.25) is 0 Å². The molecule has 0 fully saturated rings. The summed E-state index contributed by atoms with van der Waals surface area (Å²) in [6.45, 7) is 0.701. The van der Waals surface area contributed by atoms with Crippen molar-refractivity contribution in [3.63, 3.8) is 0 Å². The number of hydrogen-bond donors (Lipinski definition) is 3. The highest BCUT2D eigenvalue weighted by molar-refractivity contribution is 5.97. The number of aryl methyl sites for hydroxylation is 1. The molecule has 1 aromatic heterocycles. The Labute approximate surface area is 176 Å². The third-order valence-electron chi connectivity index (χ3n) is 4.87. The zero-order valence-electron chi connectivity index (χ0n) is 15.7. The first-order valence-electron chi connectivity index (χ1n) is 9.08. The molecule has 4 N–H and O–H groups in total. The van der Waals surface area contributed by atoms with Gasteiger partial charge in [-0.3, -0.25) is 4.79 Å². The van der Waals surface area contributed by atoms with Crippen molar-refractivity contribution in [2.45, 2.75) is 12.8 Å². The first-order valence-corrected chi connectivity index (χ1v) is 9.08. The molecule has 158 valence electrons. The topological polar surface area (TPSA) is 80.1 Å². The van der Waals surface area contributed by atoms with Crippen molar-refractivity contribution in [2.24, 2.45) is 5.73 Å². The van der Waals surface area contributed by atoms with Crippen LogP contribution in [-0.4, -0.2) is 24.0 Å². The van der Waals surface area contributed by atoms with E-state index in [1.54, 1.807) is 12.3 Å². The molecule has 0 spiro atoms. The molecule has 0 radical (unpaired) electrons. The molecule has 1 aliphatic heterocycles. The quantitative estimate of drug-likeness (QED) is 0.509. The normalized spacial score (nSPS) is 12.6. The van der Waals surface area contributed by atoms with Crippen LogP contribution in [0.4, 0.5) is 13.2 Å². The van der Waals surface area contributed by atoms with E-state index in [0.717, 1.165) is 11.6 Å². The van der Waals surface area contributed by atoms with Gasteiger partial charge >= 0.3 is 0 Å². The van der Waals surface area contributed by atoms with Gasteiger partial charge < -0.3 is 20.8 Å². The van der Waals surface area contributed by atoms with E-state index in [2.05, 4.69) is 10.3 Å². The molecule has 0 unspecified atom stereocenters. The molecule has 1 amide bonds. The van der Waals surface area contributed by atoms with Crippen molar-refractivity contribution in [1.82, 2.24) is 10.3 Å². The summed E-state index contributed by atoms with van der Waals surface area (Å²) in [4.78, 5) is 14.3. The first-order chi connectivity index (χ1) is 13.9. The summed E-state index contributed by atoms with van der Waals surface area (Å²) in [5, 5.41) is 3.69. The lowest BCUT2D eigenvalue weighted by Crippen LogP contribution is -2.24. The van der Waals surface area contributed by atoms with E-state index in [1.807, 2.05) is 0 Å². The molecule has 30 heavy (non-hydrogen) atoms. The zero-order chi connectivity index (χ0) is 20.5. The van der Waals surface area contributed by atoms with Crippen molar-refractivity contribution in [3.8, 4) is 5.75 Å². The van der Waals surface area contributed by atoms with E-state index in [-0.39, 0.29) is 41.4 Å². The lowest BCUT2D eigenvalue weighted by molar-refractivity contribution is 0.0996. The van der Waals surface area contributed by atoms with Crippen LogP contribution in [0.5, 0.6) is 5.75 Å². The van der Waals surface area contributed by atoms with Crippen molar-refractivity contribution in [3.05, 3.63) is 70.3 Å². The highest BCUT2D eigenvalue weighted by Gasteiger charge is 2.21. The Kier molecular flexibility index (Phi) is 6.26. The number of primary amides is 1. The Morgan fingerprint density at radius 1 is 1.20 bits per heavy atom. The van der Waals surface area contributed by atoms with Crippen LogP contribution in [0.3, 0.4) is 0 Å². The highest BCUT2D eigenvalue weighted by Crippen LogP contribution is 2.32. The van der Waals surface area contributed by atoms with Crippen LogP contribution in [-0.2, 0) is 6.42 Å². The Morgan fingerprint density at radius 2 is 2.00 bits per heavy atom. The van der Waals surface area contributed by atoms with Gasteiger partial charge in [0.2, 0.25) is 0 Å². The first kappa shape index (κ1) is 21.6. The van der Waals surface area contributed by atoms with E-state index in [4.69, 9.17) is 10.5 Å². The summed E-state index contributed by atoms with van der Waals surface area (Å²) >= 11 is 0. The van der Waals surface area contributed by atoms with Gasteiger partial charge in [0.05, 0.1) is 16.6 Å². The SMILES string of the molecule is Cl.NC(=O)c1ccc(F)c2c1OCC(NCCCc1c[nH]c3c(F)cc(F)cc13)=C2. The van der Waals surface area contributed by atoms with E-state index in [0.29, 0.717) is 30.5 Å². The van der Waals surface area contributed by atoms with Gasteiger partial charge in [-0.25, -0.2) is 13.2 Å². The number of amides is 1. The molecule has 2 heterocycles. The van der Waals surface area contributed by atoms with Gasteiger partial charge in [0, 0.05) is 29.9 Å². The number of fused-ring (bicyclic) bond motifs is 2. The predicted octanol–water partition coefficient (Wildman–Crippen LogP) is 4.06. The molecule has 0 bridgehead atoms. The van der Waals surface area contributed by atoms with Gasteiger partial charge in [-0.05, 0) is 42.7 Å². The monoisotopic (exact) mass is 437 g/mol. The smallest absolute Gasteiger partial charge is 0.252 e. The summed E-state index contributed by atoms with van der Waals surface area (Å²) in [6.07, 6.45) is 4.55. The maximum atomic E-state index is 14.1. The number of benzene rings is 2. The lowest BCUT2D eigenvalue weighted by atomic mass is 10.0. The van der Waals surface area contributed by atoms with Crippen LogP contribution in [0.15, 0.2) is 36.2 Å². The molecule has 5 nitrogen and oxygen atoms in total. The van der Waals surface area contributed by atoms with E-state index >= 15 is 0 Å². The van der Waals surface area contributed by atoms with Gasteiger partial charge in [0.1, 0.15) is 29.8 Å². The van der Waals surface area contributed by atoms with E-state index in [9.17, 15) is 18.0 Å². The number of rotatable bonds is 6. The molecule has 4 rings (SSSR count). The molecule has 0 atom stereocenters. The molecule has 0 aliphatic carbocycles. The largest absolute Gasteiger partial charge is 0.486 e. The number of aromatic nitrogens is 1. The third-order valence-corrected chi connectivity index (χ3v) is 4.87. The standard InChI is InChI=1S/C21H18F3N3O2.ClH/c22-12-6-15-11(9-27-19(15)18(24)7-12)2-1-5-26-13-8-16-17(23)4-3-14(21(25)28)20(16)29-10-13;/h3-4,6-9,26-27H,1-2,5,10H2,(H2,25,28);1H. The van der Waals surface area contributed by atoms with Gasteiger partial charge in [-0.1, -0.05) is 0 Å². The number of hydrogen-bond acceptors (Lipinski definition) is 3. The fourth-order valence-corrected chi connectivity index (χ4v) is 3.47. The van der Waals surface area contributed by atoms with Crippen molar-refractivity contribution in [2.75, 3.05) is 13.2 Å². The van der Waals surface area contributed by atoms with Gasteiger partial charge in [0.15, 0.2) is 0 Å². The fraction of sp³-hybridized carbons (Fsp3) is 0.190. The second-order valence-corrected chi connectivity index (χ2v) is 6.81. The van der Waals surface area contributed by atoms with Crippen LogP contribution in [0.25, 0.3) is 17.0 Å². The number of H-pyrrole nitrogens is 1. The molecule has 0 saturated heterocycles. The molecule has 9 heteroatoms. The summed E-state index contributed by atoms with van der Waals surface area (Å²) in [5.41, 5.74) is 7.38. The Hall–Kier alpha value is -3.13. The maximum Gasteiger partial charge on any atom is 0.252 e. The van der Waals surface area contributed by atoms with Crippen molar-refractivity contribution < 1.29 is 22.7 Å². The van der Waals surface area contributed by atoms with Crippen molar-refractivity contribution in [1.29, 1.82) is 0 Å². The van der Waals surface area contributed by atoms with Crippen LogP contribution >= 0.6 is 12.4 Å². The molecule has 2 aromatic carbocycles. The minimum Gasteiger partial charge on any atom is -0.486 e. The second kappa shape index (κ2) is 8.71. The van der Waals surface area contributed by atoms with Gasteiger partial charge in [-0.2, -0.15) is 0 Å². The maximum absolute atomic E-state index is 14.1. The van der Waals surface area contributed by atoms with Crippen LogP contribution in [0.1, 0.15) is 27.9 Å². The third kappa shape index (κ3) is 4.09. The Bertz CT molecular complexity index is 1140. The van der Waals surface area contributed by atoms with E-state index in [1.165, 1.54) is 18.2 Å². The highest BCUT2D eigenvalue weighted by atomic mass is 35.5. The predicted molar refractivity (Wildman–Crippen MR) is 110 cm³/mol. The number of nitrogens with one attached hydrogen (secondary N) is 2. The van der Waals surface area contributed by atoms with Gasteiger partial charge in [0.25, 0.3) is 5.91 Å².